The summed E-state index contributed by atoms with van der Waals surface area (Å²) in [6.07, 6.45) is 8.46. The predicted octanol–water partition coefficient (Wildman–Crippen LogP) is 2.97. The van der Waals surface area contributed by atoms with Gasteiger partial charge in [0.1, 0.15) is 0 Å². The number of rotatable bonds is 9. The van der Waals surface area contributed by atoms with Gasteiger partial charge in [0.15, 0.2) is 0 Å². The van der Waals surface area contributed by atoms with Gasteiger partial charge in [0.2, 0.25) is 0 Å². The van der Waals surface area contributed by atoms with Crippen LogP contribution in [-0.2, 0) is 4.74 Å². The Labute approximate surface area is 94.8 Å². The van der Waals surface area contributed by atoms with Crippen LogP contribution in [0.5, 0.6) is 0 Å². The maximum Gasteiger partial charge on any atom is 0.0752 e. The summed E-state index contributed by atoms with van der Waals surface area (Å²) in [6.45, 7) is 5.51. The minimum atomic E-state index is 0.460. The van der Waals surface area contributed by atoms with Crippen molar-refractivity contribution >= 4 is 0 Å². The van der Waals surface area contributed by atoms with Crippen LogP contribution in [0.1, 0.15) is 52.4 Å². The smallest absolute Gasteiger partial charge is 0.0752 e. The van der Waals surface area contributed by atoms with E-state index in [1.807, 2.05) is 7.11 Å². The van der Waals surface area contributed by atoms with Crippen LogP contribution < -0.4 is 5.32 Å². The summed E-state index contributed by atoms with van der Waals surface area (Å²) < 4.78 is 5.66. The van der Waals surface area contributed by atoms with E-state index in [2.05, 4.69) is 19.2 Å². The average Bonchev–Trinajstić information content (AvgIpc) is 3.03. The van der Waals surface area contributed by atoms with Gasteiger partial charge in [-0.2, -0.15) is 0 Å². The van der Waals surface area contributed by atoms with Gasteiger partial charge in [0.25, 0.3) is 0 Å². The van der Waals surface area contributed by atoms with Crippen LogP contribution in [0.4, 0.5) is 0 Å². The zero-order chi connectivity index (χ0) is 11.1. The van der Waals surface area contributed by atoms with E-state index in [1.54, 1.807) is 0 Å². The molecule has 90 valence electrons. The molecule has 0 aromatic heterocycles. The van der Waals surface area contributed by atoms with Crippen LogP contribution in [-0.4, -0.2) is 25.8 Å². The lowest BCUT2D eigenvalue weighted by Gasteiger charge is -2.26. The molecule has 1 N–H and O–H groups in total. The molecule has 0 heterocycles. The molecule has 0 aliphatic heterocycles. The zero-order valence-electron chi connectivity index (χ0n) is 10.6. The molecule has 0 spiro atoms. The second-order valence-corrected chi connectivity index (χ2v) is 4.70. The third kappa shape index (κ3) is 4.52. The van der Waals surface area contributed by atoms with Crippen molar-refractivity contribution in [3.63, 3.8) is 0 Å². The fraction of sp³-hybridized carbons (Fsp3) is 1.00. The van der Waals surface area contributed by atoms with E-state index in [1.165, 1.54) is 38.5 Å². The molecule has 15 heavy (non-hydrogen) atoms. The lowest BCUT2D eigenvalue weighted by Crippen LogP contribution is -2.42. The largest absolute Gasteiger partial charge is 0.380 e. The Morgan fingerprint density at radius 1 is 1.27 bits per heavy atom. The van der Waals surface area contributed by atoms with Gasteiger partial charge in [0, 0.05) is 13.2 Å². The molecule has 2 unspecified atom stereocenters. The van der Waals surface area contributed by atoms with Crippen LogP contribution >= 0.6 is 0 Å². The Hall–Kier alpha value is -0.0800. The van der Waals surface area contributed by atoms with Gasteiger partial charge in [-0.3, -0.25) is 0 Å². The van der Waals surface area contributed by atoms with Gasteiger partial charge in [-0.25, -0.2) is 0 Å². The molecule has 1 rings (SSSR count). The number of methoxy groups -OCH3 is 1. The van der Waals surface area contributed by atoms with Gasteiger partial charge in [-0.15, -0.1) is 0 Å². The van der Waals surface area contributed by atoms with Gasteiger partial charge in [-0.1, -0.05) is 33.1 Å². The summed E-state index contributed by atoms with van der Waals surface area (Å²) in [5, 5.41) is 3.59. The molecule has 0 amide bonds. The number of hydrogen-bond acceptors (Lipinski definition) is 2. The number of hydrogen-bond donors (Lipinski definition) is 1. The molecule has 1 aliphatic carbocycles. The molecule has 2 heteroatoms. The monoisotopic (exact) mass is 213 g/mol. The van der Waals surface area contributed by atoms with Gasteiger partial charge in [0.05, 0.1) is 6.10 Å². The van der Waals surface area contributed by atoms with Crippen molar-refractivity contribution in [1.29, 1.82) is 0 Å². The standard InChI is InChI=1S/C13H27NO/c1-4-6-7-8-12(14-5-2)13(15-3)11-9-10-11/h11-14H,4-10H2,1-3H3. The van der Waals surface area contributed by atoms with Crippen molar-refractivity contribution in [2.45, 2.75) is 64.5 Å². The van der Waals surface area contributed by atoms with Gasteiger partial charge < -0.3 is 10.1 Å². The molecule has 0 saturated heterocycles. The Balaban J connectivity index is 2.32. The van der Waals surface area contributed by atoms with Crippen molar-refractivity contribution < 1.29 is 4.74 Å². The average molecular weight is 213 g/mol. The fourth-order valence-corrected chi connectivity index (χ4v) is 2.37. The van der Waals surface area contributed by atoms with E-state index in [9.17, 15) is 0 Å². The SMILES string of the molecule is CCCCCC(NCC)C(OC)C1CC1. The molecule has 0 aromatic rings. The Kier molecular flexibility index (Phi) is 6.26. The first-order valence-corrected chi connectivity index (χ1v) is 6.59. The number of ether oxygens (including phenoxy) is 1. The quantitative estimate of drug-likeness (QED) is 0.595. The number of nitrogens with one attached hydrogen (secondary N) is 1. The Morgan fingerprint density at radius 3 is 2.47 bits per heavy atom. The first-order valence-electron chi connectivity index (χ1n) is 6.59. The highest BCUT2D eigenvalue weighted by atomic mass is 16.5. The molecular formula is C13H27NO. The minimum Gasteiger partial charge on any atom is -0.380 e. The maximum atomic E-state index is 5.66. The molecule has 1 fully saturated rings. The zero-order valence-corrected chi connectivity index (χ0v) is 10.6. The van der Waals surface area contributed by atoms with E-state index in [0.717, 1.165) is 12.5 Å². The molecule has 0 radical (unpaired) electrons. The summed E-state index contributed by atoms with van der Waals surface area (Å²) in [4.78, 5) is 0. The molecule has 1 aliphatic rings. The van der Waals surface area contributed by atoms with Crippen molar-refractivity contribution in [2.75, 3.05) is 13.7 Å². The van der Waals surface area contributed by atoms with Gasteiger partial charge in [-0.05, 0) is 31.7 Å². The summed E-state index contributed by atoms with van der Waals surface area (Å²) >= 11 is 0. The van der Waals surface area contributed by atoms with Crippen molar-refractivity contribution in [1.82, 2.24) is 5.32 Å². The first kappa shape index (κ1) is 13.0. The molecule has 2 nitrogen and oxygen atoms in total. The number of unbranched alkanes of at least 4 members (excludes halogenated alkanes) is 2. The topological polar surface area (TPSA) is 21.3 Å². The molecule has 0 aromatic carbocycles. The van der Waals surface area contributed by atoms with Crippen LogP contribution in [0.25, 0.3) is 0 Å². The third-order valence-electron chi connectivity index (χ3n) is 3.34. The molecule has 1 saturated carbocycles. The Morgan fingerprint density at radius 2 is 2.00 bits per heavy atom. The summed E-state index contributed by atoms with van der Waals surface area (Å²) in [7, 11) is 1.87. The highest BCUT2D eigenvalue weighted by Crippen LogP contribution is 2.36. The third-order valence-corrected chi connectivity index (χ3v) is 3.34. The summed E-state index contributed by atoms with van der Waals surface area (Å²) in [5.74, 6) is 0.834. The summed E-state index contributed by atoms with van der Waals surface area (Å²) in [5.41, 5.74) is 0. The number of likely N-dealkylation sites (N-methyl/N-ethyl adjacent to an activating group) is 1. The van der Waals surface area contributed by atoms with Crippen molar-refractivity contribution in [3.8, 4) is 0 Å². The van der Waals surface area contributed by atoms with Crippen LogP contribution in [0.2, 0.25) is 0 Å². The van der Waals surface area contributed by atoms with Gasteiger partial charge >= 0.3 is 0 Å². The van der Waals surface area contributed by atoms with E-state index >= 15 is 0 Å². The van der Waals surface area contributed by atoms with Crippen LogP contribution in [0.15, 0.2) is 0 Å². The normalized spacial score (nSPS) is 20.2. The lowest BCUT2D eigenvalue weighted by molar-refractivity contribution is 0.0481. The maximum absolute atomic E-state index is 5.66. The first-order chi connectivity index (χ1) is 7.33. The summed E-state index contributed by atoms with van der Waals surface area (Å²) in [6, 6.07) is 0.582. The van der Waals surface area contributed by atoms with Crippen LogP contribution in [0, 0.1) is 5.92 Å². The van der Waals surface area contributed by atoms with E-state index in [0.29, 0.717) is 12.1 Å². The van der Waals surface area contributed by atoms with E-state index < -0.39 is 0 Å². The van der Waals surface area contributed by atoms with E-state index in [-0.39, 0.29) is 0 Å². The van der Waals surface area contributed by atoms with Crippen LogP contribution in [0.3, 0.4) is 0 Å². The van der Waals surface area contributed by atoms with Crippen molar-refractivity contribution in [3.05, 3.63) is 0 Å². The molecule has 0 bridgehead atoms. The van der Waals surface area contributed by atoms with Crippen molar-refractivity contribution in [2.24, 2.45) is 5.92 Å². The highest BCUT2D eigenvalue weighted by Gasteiger charge is 2.35. The molecular weight excluding hydrogens is 186 g/mol. The minimum absolute atomic E-state index is 0.460. The molecule has 2 atom stereocenters. The Bertz CT molecular complexity index is 157. The van der Waals surface area contributed by atoms with E-state index in [4.69, 9.17) is 4.74 Å². The second kappa shape index (κ2) is 7.24. The second-order valence-electron chi connectivity index (χ2n) is 4.70. The highest BCUT2D eigenvalue weighted by molar-refractivity contribution is 4.90. The lowest BCUT2D eigenvalue weighted by atomic mass is 9.99. The predicted molar refractivity (Wildman–Crippen MR) is 65.1 cm³/mol. The fourth-order valence-electron chi connectivity index (χ4n) is 2.37.